The molecule has 0 aliphatic rings. The standard InChI is InChI=1S/C11H14N2O3/c1-8(14)11(6-7-12)9-2-4-10(5-3-9)13(15)16/h2-5,11H,6-7,12H2,1H3. The van der Waals surface area contributed by atoms with Crippen LogP contribution in [0.25, 0.3) is 0 Å². The van der Waals surface area contributed by atoms with Gasteiger partial charge in [0, 0.05) is 18.1 Å². The number of Topliss-reactive ketones (excluding diaryl/α,β-unsaturated/α-hetero) is 1. The second-order valence-corrected chi connectivity index (χ2v) is 3.59. The van der Waals surface area contributed by atoms with E-state index >= 15 is 0 Å². The molecule has 16 heavy (non-hydrogen) atoms. The molecule has 0 heterocycles. The van der Waals surface area contributed by atoms with Gasteiger partial charge in [-0.1, -0.05) is 12.1 Å². The lowest BCUT2D eigenvalue weighted by Gasteiger charge is -2.12. The molecule has 0 radical (unpaired) electrons. The van der Waals surface area contributed by atoms with E-state index in [1.165, 1.54) is 19.1 Å². The van der Waals surface area contributed by atoms with E-state index in [4.69, 9.17) is 5.73 Å². The van der Waals surface area contributed by atoms with Gasteiger partial charge in [-0.3, -0.25) is 14.9 Å². The number of carbonyl (C=O) groups excluding carboxylic acids is 1. The molecular weight excluding hydrogens is 208 g/mol. The summed E-state index contributed by atoms with van der Waals surface area (Å²) < 4.78 is 0. The summed E-state index contributed by atoms with van der Waals surface area (Å²) in [5.41, 5.74) is 6.23. The Morgan fingerprint density at radius 1 is 1.44 bits per heavy atom. The van der Waals surface area contributed by atoms with E-state index in [9.17, 15) is 14.9 Å². The Kier molecular flexibility index (Phi) is 4.13. The van der Waals surface area contributed by atoms with Crippen molar-refractivity contribution in [3.05, 3.63) is 39.9 Å². The summed E-state index contributed by atoms with van der Waals surface area (Å²) in [6.45, 7) is 1.92. The summed E-state index contributed by atoms with van der Waals surface area (Å²) in [6, 6.07) is 6.03. The van der Waals surface area contributed by atoms with Crippen LogP contribution in [0.4, 0.5) is 5.69 Å². The minimum absolute atomic E-state index is 0.0267. The first-order chi connectivity index (χ1) is 7.56. The van der Waals surface area contributed by atoms with Gasteiger partial charge in [-0.25, -0.2) is 0 Å². The van der Waals surface area contributed by atoms with Crippen molar-refractivity contribution in [1.29, 1.82) is 0 Å². The highest BCUT2D eigenvalue weighted by atomic mass is 16.6. The van der Waals surface area contributed by atoms with Gasteiger partial charge < -0.3 is 5.73 Å². The van der Waals surface area contributed by atoms with Crippen LogP contribution in [0, 0.1) is 10.1 Å². The van der Waals surface area contributed by atoms with Gasteiger partial charge in [0.2, 0.25) is 0 Å². The lowest BCUT2D eigenvalue weighted by Crippen LogP contribution is -2.14. The third kappa shape index (κ3) is 2.87. The summed E-state index contributed by atoms with van der Waals surface area (Å²) in [4.78, 5) is 21.4. The Morgan fingerprint density at radius 2 is 2.00 bits per heavy atom. The van der Waals surface area contributed by atoms with Crippen LogP contribution in [0.2, 0.25) is 0 Å². The molecule has 1 unspecified atom stereocenters. The van der Waals surface area contributed by atoms with Crippen molar-refractivity contribution in [2.45, 2.75) is 19.3 Å². The van der Waals surface area contributed by atoms with Crippen LogP contribution in [-0.4, -0.2) is 17.3 Å². The second-order valence-electron chi connectivity index (χ2n) is 3.59. The molecule has 0 spiro atoms. The van der Waals surface area contributed by atoms with Crippen molar-refractivity contribution < 1.29 is 9.72 Å². The zero-order chi connectivity index (χ0) is 12.1. The third-order valence-corrected chi connectivity index (χ3v) is 2.45. The van der Waals surface area contributed by atoms with E-state index in [1.807, 2.05) is 0 Å². The molecule has 5 heteroatoms. The number of hydrogen-bond acceptors (Lipinski definition) is 4. The van der Waals surface area contributed by atoms with Gasteiger partial charge >= 0.3 is 0 Å². The van der Waals surface area contributed by atoms with Crippen LogP contribution < -0.4 is 5.73 Å². The van der Waals surface area contributed by atoms with E-state index in [0.717, 1.165) is 5.56 Å². The fourth-order valence-electron chi connectivity index (χ4n) is 1.60. The molecule has 86 valence electrons. The molecule has 0 fully saturated rings. The van der Waals surface area contributed by atoms with Crippen LogP contribution >= 0.6 is 0 Å². The van der Waals surface area contributed by atoms with E-state index in [1.54, 1.807) is 12.1 Å². The molecular formula is C11H14N2O3. The number of carbonyl (C=O) groups is 1. The van der Waals surface area contributed by atoms with Crippen LogP contribution in [0.1, 0.15) is 24.8 Å². The second kappa shape index (κ2) is 5.37. The zero-order valence-electron chi connectivity index (χ0n) is 9.05. The summed E-state index contributed by atoms with van der Waals surface area (Å²) in [6.07, 6.45) is 0.563. The van der Waals surface area contributed by atoms with Gasteiger partial charge in [0.15, 0.2) is 0 Å². The molecule has 1 rings (SSSR count). The fourth-order valence-corrected chi connectivity index (χ4v) is 1.60. The summed E-state index contributed by atoms with van der Waals surface area (Å²) in [5, 5.41) is 10.5. The van der Waals surface area contributed by atoms with Crippen molar-refractivity contribution in [2.75, 3.05) is 6.54 Å². The molecule has 5 nitrogen and oxygen atoms in total. The minimum Gasteiger partial charge on any atom is -0.330 e. The topological polar surface area (TPSA) is 86.2 Å². The van der Waals surface area contributed by atoms with Gasteiger partial charge in [0.05, 0.1) is 4.92 Å². The lowest BCUT2D eigenvalue weighted by atomic mass is 9.92. The molecule has 1 aromatic rings. The molecule has 0 bridgehead atoms. The molecule has 0 aliphatic heterocycles. The van der Waals surface area contributed by atoms with Gasteiger partial charge in [0.25, 0.3) is 5.69 Å². The number of rotatable bonds is 5. The van der Waals surface area contributed by atoms with Gasteiger partial charge in [-0.05, 0) is 25.5 Å². The molecule has 0 amide bonds. The van der Waals surface area contributed by atoms with Crippen molar-refractivity contribution in [3.8, 4) is 0 Å². The van der Waals surface area contributed by atoms with Gasteiger partial charge in [0.1, 0.15) is 5.78 Å². The van der Waals surface area contributed by atoms with Crippen LogP contribution in [-0.2, 0) is 4.79 Å². The molecule has 1 atom stereocenters. The van der Waals surface area contributed by atoms with Crippen LogP contribution in [0.15, 0.2) is 24.3 Å². The average Bonchev–Trinajstić information content (AvgIpc) is 2.25. The van der Waals surface area contributed by atoms with E-state index < -0.39 is 4.92 Å². The normalized spacial score (nSPS) is 12.1. The van der Waals surface area contributed by atoms with Gasteiger partial charge in [-0.2, -0.15) is 0 Å². The molecule has 0 saturated carbocycles. The SMILES string of the molecule is CC(=O)C(CCN)c1ccc([N+](=O)[O-])cc1. The number of ketones is 1. The first kappa shape index (κ1) is 12.3. The van der Waals surface area contributed by atoms with Crippen molar-refractivity contribution in [3.63, 3.8) is 0 Å². The highest BCUT2D eigenvalue weighted by molar-refractivity contribution is 5.83. The highest BCUT2D eigenvalue weighted by Crippen LogP contribution is 2.22. The Labute approximate surface area is 93.4 Å². The third-order valence-electron chi connectivity index (χ3n) is 2.45. The van der Waals surface area contributed by atoms with Crippen molar-refractivity contribution >= 4 is 11.5 Å². The monoisotopic (exact) mass is 222 g/mol. The van der Waals surface area contributed by atoms with Crippen LogP contribution in [0.3, 0.4) is 0 Å². The van der Waals surface area contributed by atoms with Crippen molar-refractivity contribution in [1.82, 2.24) is 0 Å². The van der Waals surface area contributed by atoms with E-state index in [2.05, 4.69) is 0 Å². The molecule has 0 aliphatic carbocycles. The summed E-state index contributed by atoms with van der Waals surface area (Å²) in [7, 11) is 0. The first-order valence-electron chi connectivity index (χ1n) is 5.01. The smallest absolute Gasteiger partial charge is 0.269 e. The summed E-state index contributed by atoms with van der Waals surface area (Å²) in [5.74, 6) is -0.231. The Bertz CT molecular complexity index is 387. The number of nitro benzene ring substituents is 1. The van der Waals surface area contributed by atoms with Gasteiger partial charge in [-0.15, -0.1) is 0 Å². The largest absolute Gasteiger partial charge is 0.330 e. The highest BCUT2D eigenvalue weighted by Gasteiger charge is 2.16. The van der Waals surface area contributed by atoms with Crippen LogP contribution in [0.5, 0.6) is 0 Å². The maximum absolute atomic E-state index is 11.4. The first-order valence-corrected chi connectivity index (χ1v) is 5.01. The summed E-state index contributed by atoms with van der Waals surface area (Å²) >= 11 is 0. The number of benzene rings is 1. The number of nitrogens with two attached hydrogens (primary N) is 1. The minimum atomic E-state index is -0.463. The van der Waals surface area contributed by atoms with Crippen molar-refractivity contribution in [2.24, 2.45) is 5.73 Å². The maximum atomic E-state index is 11.4. The number of nitro groups is 1. The molecule has 0 aromatic heterocycles. The lowest BCUT2D eigenvalue weighted by molar-refractivity contribution is -0.384. The maximum Gasteiger partial charge on any atom is 0.269 e. The quantitative estimate of drug-likeness (QED) is 0.605. The molecule has 1 aromatic carbocycles. The predicted octanol–water partition coefficient (Wildman–Crippen LogP) is 1.62. The Hall–Kier alpha value is -1.75. The van der Waals surface area contributed by atoms with E-state index in [-0.39, 0.29) is 17.4 Å². The average molecular weight is 222 g/mol. The Balaban J connectivity index is 2.94. The molecule has 2 N–H and O–H groups in total. The number of hydrogen-bond donors (Lipinski definition) is 1. The number of non-ortho nitro benzene ring substituents is 1. The number of nitrogens with zero attached hydrogens (tertiary/aromatic N) is 1. The Morgan fingerprint density at radius 3 is 2.38 bits per heavy atom. The predicted molar refractivity (Wildman–Crippen MR) is 60.2 cm³/mol. The fraction of sp³-hybridized carbons (Fsp3) is 0.364. The van der Waals surface area contributed by atoms with E-state index in [0.29, 0.717) is 13.0 Å². The molecule has 0 saturated heterocycles. The zero-order valence-corrected chi connectivity index (χ0v) is 9.05.